The van der Waals surface area contributed by atoms with Crippen molar-refractivity contribution in [1.29, 1.82) is 0 Å². The standard InChI is InChI=1S/C11H18O2/c1-8(2)11-6-9(11)10(13-7-11)4-3-5-12/h9-10,12H,1,3-7H2,2H3. The number of hydrogen-bond donors (Lipinski definition) is 1. The maximum Gasteiger partial charge on any atom is 0.0614 e. The fourth-order valence-corrected chi connectivity index (χ4v) is 2.55. The van der Waals surface area contributed by atoms with Gasteiger partial charge in [0.05, 0.1) is 12.7 Å². The van der Waals surface area contributed by atoms with Crippen LogP contribution in [0, 0.1) is 11.3 Å². The molecule has 0 amide bonds. The minimum absolute atomic E-state index is 0.284. The van der Waals surface area contributed by atoms with Gasteiger partial charge in [-0.25, -0.2) is 0 Å². The summed E-state index contributed by atoms with van der Waals surface area (Å²) < 4.78 is 5.71. The molecule has 2 rings (SSSR count). The lowest BCUT2D eigenvalue weighted by Gasteiger charge is -2.10. The van der Waals surface area contributed by atoms with E-state index in [1.807, 2.05) is 0 Å². The van der Waals surface area contributed by atoms with Crippen LogP contribution >= 0.6 is 0 Å². The van der Waals surface area contributed by atoms with Crippen LogP contribution in [-0.2, 0) is 4.74 Å². The molecule has 1 heterocycles. The first-order valence-electron chi connectivity index (χ1n) is 5.09. The molecule has 0 aromatic rings. The zero-order valence-electron chi connectivity index (χ0n) is 8.25. The largest absolute Gasteiger partial charge is 0.396 e. The molecule has 0 aromatic carbocycles. The van der Waals surface area contributed by atoms with Gasteiger partial charge in [0.2, 0.25) is 0 Å². The Kier molecular flexibility index (Phi) is 2.20. The summed E-state index contributed by atoms with van der Waals surface area (Å²) >= 11 is 0. The number of aliphatic hydroxyl groups excluding tert-OH is 1. The van der Waals surface area contributed by atoms with Crippen LogP contribution in [0.25, 0.3) is 0 Å². The first-order valence-corrected chi connectivity index (χ1v) is 5.09. The van der Waals surface area contributed by atoms with Crippen molar-refractivity contribution in [3.63, 3.8) is 0 Å². The summed E-state index contributed by atoms with van der Waals surface area (Å²) in [5.41, 5.74) is 1.61. The Bertz CT molecular complexity index is 224. The molecule has 2 aliphatic rings. The van der Waals surface area contributed by atoms with Gasteiger partial charge in [-0.05, 0) is 32.1 Å². The number of fused-ring (bicyclic) bond motifs is 1. The van der Waals surface area contributed by atoms with E-state index in [1.54, 1.807) is 0 Å². The average molecular weight is 182 g/mol. The first kappa shape index (κ1) is 9.22. The van der Waals surface area contributed by atoms with Crippen LogP contribution in [0.1, 0.15) is 26.2 Å². The quantitative estimate of drug-likeness (QED) is 0.671. The van der Waals surface area contributed by atoms with E-state index in [-0.39, 0.29) is 6.61 Å². The van der Waals surface area contributed by atoms with Crippen molar-refractivity contribution in [2.75, 3.05) is 13.2 Å². The van der Waals surface area contributed by atoms with Gasteiger partial charge in [0, 0.05) is 12.0 Å². The van der Waals surface area contributed by atoms with E-state index in [4.69, 9.17) is 9.84 Å². The van der Waals surface area contributed by atoms with E-state index in [2.05, 4.69) is 13.5 Å². The third-order valence-electron chi connectivity index (χ3n) is 3.63. The van der Waals surface area contributed by atoms with Gasteiger partial charge in [0.25, 0.3) is 0 Å². The number of rotatable bonds is 4. The van der Waals surface area contributed by atoms with Crippen molar-refractivity contribution >= 4 is 0 Å². The van der Waals surface area contributed by atoms with Gasteiger partial charge in [0.15, 0.2) is 0 Å². The van der Waals surface area contributed by atoms with Crippen molar-refractivity contribution in [2.45, 2.75) is 32.3 Å². The topological polar surface area (TPSA) is 29.5 Å². The summed E-state index contributed by atoms with van der Waals surface area (Å²) in [7, 11) is 0. The molecular weight excluding hydrogens is 164 g/mol. The third kappa shape index (κ3) is 1.32. The molecule has 74 valence electrons. The molecule has 1 N–H and O–H groups in total. The molecule has 3 unspecified atom stereocenters. The Hall–Kier alpha value is -0.340. The zero-order chi connectivity index (χ0) is 9.47. The van der Waals surface area contributed by atoms with Crippen LogP contribution in [0.4, 0.5) is 0 Å². The van der Waals surface area contributed by atoms with E-state index in [0.717, 1.165) is 19.4 Å². The first-order chi connectivity index (χ1) is 6.20. The molecule has 0 bridgehead atoms. The maximum atomic E-state index is 8.73. The van der Waals surface area contributed by atoms with Gasteiger partial charge in [-0.1, -0.05) is 12.2 Å². The molecule has 1 saturated heterocycles. The summed E-state index contributed by atoms with van der Waals surface area (Å²) in [4.78, 5) is 0. The predicted octanol–water partition coefficient (Wildman–Crippen LogP) is 1.74. The van der Waals surface area contributed by atoms with E-state index in [9.17, 15) is 0 Å². The smallest absolute Gasteiger partial charge is 0.0614 e. The summed E-state index contributed by atoms with van der Waals surface area (Å²) in [6.45, 7) is 7.29. The molecule has 2 heteroatoms. The lowest BCUT2D eigenvalue weighted by Crippen LogP contribution is -2.10. The van der Waals surface area contributed by atoms with Crippen LogP contribution in [0.3, 0.4) is 0 Å². The molecule has 3 atom stereocenters. The Morgan fingerprint density at radius 1 is 1.69 bits per heavy atom. The van der Waals surface area contributed by atoms with Crippen LogP contribution in [0.5, 0.6) is 0 Å². The Balaban J connectivity index is 1.90. The van der Waals surface area contributed by atoms with E-state index in [1.165, 1.54) is 12.0 Å². The minimum Gasteiger partial charge on any atom is -0.396 e. The van der Waals surface area contributed by atoms with Crippen molar-refractivity contribution in [3.05, 3.63) is 12.2 Å². The second kappa shape index (κ2) is 3.10. The summed E-state index contributed by atoms with van der Waals surface area (Å²) in [6, 6.07) is 0. The molecule has 1 saturated carbocycles. The molecule has 0 radical (unpaired) electrons. The molecule has 13 heavy (non-hydrogen) atoms. The second-order valence-electron chi connectivity index (χ2n) is 4.46. The highest BCUT2D eigenvalue weighted by Gasteiger charge is 2.62. The Labute approximate surface area is 79.6 Å². The Morgan fingerprint density at radius 2 is 2.46 bits per heavy atom. The highest BCUT2D eigenvalue weighted by molar-refractivity contribution is 5.25. The molecule has 0 spiro atoms. The second-order valence-corrected chi connectivity index (χ2v) is 4.46. The number of aliphatic hydroxyl groups is 1. The van der Waals surface area contributed by atoms with Crippen LogP contribution in [0.15, 0.2) is 12.2 Å². The molecular formula is C11H18O2. The van der Waals surface area contributed by atoms with Crippen molar-refractivity contribution in [2.24, 2.45) is 11.3 Å². The van der Waals surface area contributed by atoms with Gasteiger partial charge in [-0.2, -0.15) is 0 Å². The average Bonchev–Trinajstić information content (AvgIpc) is 2.74. The van der Waals surface area contributed by atoms with E-state index < -0.39 is 0 Å². The molecule has 1 aliphatic heterocycles. The van der Waals surface area contributed by atoms with Gasteiger partial charge in [-0.15, -0.1) is 0 Å². The van der Waals surface area contributed by atoms with Crippen LogP contribution in [0.2, 0.25) is 0 Å². The minimum atomic E-state index is 0.284. The number of hydrogen-bond acceptors (Lipinski definition) is 2. The van der Waals surface area contributed by atoms with Gasteiger partial charge in [-0.3, -0.25) is 0 Å². The summed E-state index contributed by atoms with van der Waals surface area (Å²) in [5, 5.41) is 8.73. The predicted molar refractivity (Wildman–Crippen MR) is 51.4 cm³/mol. The van der Waals surface area contributed by atoms with Crippen molar-refractivity contribution in [1.82, 2.24) is 0 Å². The molecule has 0 aromatic heterocycles. The SMILES string of the molecule is C=C(C)C12COC(CCCO)C1C2. The zero-order valence-corrected chi connectivity index (χ0v) is 8.25. The van der Waals surface area contributed by atoms with Crippen molar-refractivity contribution < 1.29 is 9.84 Å². The fourth-order valence-electron chi connectivity index (χ4n) is 2.55. The lowest BCUT2D eigenvalue weighted by atomic mass is 9.96. The van der Waals surface area contributed by atoms with Crippen molar-refractivity contribution in [3.8, 4) is 0 Å². The van der Waals surface area contributed by atoms with Crippen LogP contribution in [-0.4, -0.2) is 24.4 Å². The monoisotopic (exact) mass is 182 g/mol. The lowest BCUT2D eigenvalue weighted by molar-refractivity contribution is 0.0629. The van der Waals surface area contributed by atoms with Gasteiger partial charge >= 0.3 is 0 Å². The highest BCUT2D eigenvalue weighted by Crippen LogP contribution is 2.64. The number of ether oxygens (including phenoxy) is 1. The van der Waals surface area contributed by atoms with E-state index in [0.29, 0.717) is 17.4 Å². The molecule has 2 fully saturated rings. The maximum absolute atomic E-state index is 8.73. The molecule has 2 nitrogen and oxygen atoms in total. The Morgan fingerprint density at radius 3 is 2.92 bits per heavy atom. The third-order valence-corrected chi connectivity index (χ3v) is 3.63. The van der Waals surface area contributed by atoms with Crippen LogP contribution < -0.4 is 0 Å². The molecule has 1 aliphatic carbocycles. The normalized spacial score (nSPS) is 41.7. The van der Waals surface area contributed by atoms with Gasteiger partial charge in [0.1, 0.15) is 0 Å². The highest BCUT2D eigenvalue weighted by atomic mass is 16.5. The van der Waals surface area contributed by atoms with E-state index >= 15 is 0 Å². The summed E-state index contributed by atoms with van der Waals surface area (Å²) in [6.07, 6.45) is 3.53. The van der Waals surface area contributed by atoms with Gasteiger partial charge < -0.3 is 9.84 Å². The summed E-state index contributed by atoms with van der Waals surface area (Å²) in [5.74, 6) is 0.705. The fraction of sp³-hybridized carbons (Fsp3) is 0.818.